The number of pyridine rings is 1. The fourth-order valence-corrected chi connectivity index (χ4v) is 2.35. The lowest BCUT2D eigenvalue weighted by molar-refractivity contribution is 0.151. The Labute approximate surface area is 145 Å². The van der Waals surface area contributed by atoms with E-state index < -0.39 is 6.43 Å². The monoisotopic (exact) mass is 340 g/mol. The lowest BCUT2D eigenvalue weighted by Crippen LogP contribution is -2.05. The molecule has 2 heterocycles. The van der Waals surface area contributed by atoms with E-state index in [4.69, 9.17) is 0 Å². The van der Waals surface area contributed by atoms with Gasteiger partial charge >= 0.3 is 0 Å². The molecular weight excluding hydrogens is 322 g/mol. The van der Waals surface area contributed by atoms with Crippen LogP contribution in [0.15, 0.2) is 54.7 Å². The SMILES string of the molecule is CCc1cc(NCc2ccc(C(F)F)cc2)nc(-c2ccccn2)n1. The minimum absolute atomic E-state index is 0.0245. The van der Waals surface area contributed by atoms with Gasteiger partial charge in [0.15, 0.2) is 5.82 Å². The molecule has 3 rings (SSSR count). The number of nitrogens with one attached hydrogen (secondary N) is 1. The highest BCUT2D eigenvalue weighted by Gasteiger charge is 2.08. The van der Waals surface area contributed by atoms with E-state index in [2.05, 4.69) is 20.3 Å². The first-order chi connectivity index (χ1) is 12.2. The number of hydrogen-bond donors (Lipinski definition) is 1. The van der Waals surface area contributed by atoms with Crippen molar-refractivity contribution < 1.29 is 8.78 Å². The van der Waals surface area contributed by atoms with E-state index in [-0.39, 0.29) is 5.56 Å². The average molecular weight is 340 g/mol. The van der Waals surface area contributed by atoms with Crippen LogP contribution in [0.4, 0.5) is 14.6 Å². The van der Waals surface area contributed by atoms with Gasteiger partial charge in [-0.15, -0.1) is 0 Å². The van der Waals surface area contributed by atoms with Crippen molar-refractivity contribution in [2.24, 2.45) is 0 Å². The van der Waals surface area contributed by atoms with Gasteiger partial charge in [-0.25, -0.2) is 18.7 Å². The van der Waals surface area contributed by atoms with E-state index in [0.29, 0.717) is 23.9 Å². The molecular formula is C19H18F2N4. The lowest BCUT2D eigenvalue weighted by Gasteiger charge is -2.10. The molecule has 0 amide bonds. The van der Waals surface area contributed by atoms with Crippen molar-refractivity contribution in [1.29, 1.82) is 0 Å². The lowest BCUT2D eigenvalue weighted by atomic mass is 10.1. The van der Waals surface area contributed by atoms with Gasteiger partial charge in [0.1, 0.15) is 11.5 Å². The first-order valence-corrected chi connectivity index (χ1v) is 8.06. The molecule has 0 atom stereocenters. The van der Waals surface area contributed by atoms with Gasteiger partial charge in [-0.3, -0.25) is 4.98 Å². The Morgan fingerprint density at radius 2 is 1.84 bits per heavy atom. The second-order valence-corrected chi connectivity index (χ2v) is 5.53. The molecule has 0 bridgehead atoms. The molecule has 0 saturated carbocycles. The van der Waals surface area contributed by atoms with Gasteiger partial charge in [0.25, 0.3) is 6.43 Å². The summed E-state index contributed by atoms with van der Waals surface area (Å²) in [6, 6.07) is 13.8. The quantitative estimate of drug-likeness (QED) is 0.709. The first kappa shape index (κ1) is 17.0. The molecule has 0 spiro atoms. The average Bonchev–Trinajstić information content (AvgIpc) is 2.67. The summed E-state index contributed by atoms with van der Waals surface area (Å²) in [5.74, 6) is 1.25. The summed E-state index contributed by atoms with van der Waals surface area (Å²) in [6.07, 6.45) is 0.0339. The summed E-state index contributed by atoms with van der Waals surface area (Å²) in [5.41, 5.74) is 2.55. The van der Waals surface area contributed by atoms with Crippen LogP contribution in [0.5, 0.6) is 0 Å². The second-order valence-electron chi connectivity index (χ2n) is 5.53. The van der Waals surface area contributed by atoms with Crippen molar-refractivity contribution in [3.05, 3.63) is 71.5 Å². The van der Waals surface area contributed by atoms with Crippen LogP contribution in [0.25, 0.3) is 11.5 Å². The van der Waals surface area contributed by atoms with Crippen molar-refractivity contribution in [2.45, 2.75) is 26.3 Å². The van der Waals surface area contributed by atoms with E-state index in [1.54, 1.807) is 18.3 Å². The molecule has 0 aliphatic heterocycles. The van der Waals surface area contributed by atoms with Crippen molar-refractivity contribution in [2.75, 3.05) is 5.32 Å². The standard InChI is InChI=1S/C19H18F2N4/c1-2-15-11-17(25-19(24-15)16-5-3-4-10-22-16)23-12-13-6-8-14(9-7-13)18(20)21/h3-11,18H,2,12H2,1H3,(H,23,24,25). The van der Waals surface area contributed by atoms with Crippen LogP contribution in [0.2, 0.25) is 0 Å². The molecule has 1 aromatic carbocycles. The highest BCUT2D eigenvalue weighted by molar-refractivity contribution is 5.53. The first-order valence-electron chi connectivity index (χ1n) is 8.06. The van der Waals surface area contributed by atoms with Crippen LogP contribution < -0.4 is 5.32 Å². The van der Waals surface area contributed by atoms with Crippen LogP contribution in [0, 0.1) is 0 Å². The van der Waals surface area contributed by atoms with Crippen LogP contribution in [0.3, 0.4) is 0 Å². The van der Waals surface area contributed by atoms with E-state index in [9.17, 15) is 8.78 Å². The van der Waals surface area contributed by atoms with Gasteiger partial charge in [0.05, 0.1) is 0 Å². The van der Waals surface area contributed by atoms with Crippen molar-refractivity contribution >= 4 is 5.82 Å². The Bertz CT molecular complexity index is 821. The molecule has 3 aromatic rings. The van der Waals surface area contributed by atoms with Crippen LogP contribution >= 0.6 is 0 Å². The predicted molar refractivity (Wildman–Crippen MR) is 93.4 cm³/mol. The van der Waals surface area contributed by atoms with Gasteiger partial charge in [-0.2, -0.15) is 0 Å². The molecule has 0 radical (unpaired) electrons. The fraction of sp³-hybridized carbons (Fsp3) is 0.211. The Hall–Kier alpha value is -2.89. The summed E-state index contributed by atoms with van der Waals surface area (Å²) in [5, 5.41) is 3.23. The van der Waals surface area contributed by atoms with E-state index in [1.165, 1.54) is 12.1 Å². The molecule has 0 fully saturated rings. The molecule has 0 aliphatic carbocycles. The van der Waals surface area contributed by atoms with Crippen molar-refractivity contribution in [3.8, 4) is 11.5 Å². The third kappa shape index (κ3) is 4.35. The molecule has 25 heavy (non-hydrogen) atoms. The number of halogens is 2. The number of rotatable bonds is 6. The number of aryl methyl sites for hydroxylation is 1. The number of aromatic nitrogens is 3. The maximum atomic E-state index is 12.6. The summed E-state index contributed by atoms with van der Waals surface area (Å²) in [7, 11) is 0. The maximum absolute atomic E-state index is 12.6. The van der Waals surface area contributed by atoms with E-state index in [0.717, 1.165) is 17.7 Å². The third-order valence-electron chi connectivity index (χ3n) is 3.74. The summed E-state index contributed by atoms with van der Waals surface area (Å²) in [6.45, 7) is 2.52. The highest BCUT2D eigenvalue weighted by atomic mass is 19.3. The molecule has 1 N–H and O–H groups in total. The van der Waals surface area contributed by atoms with E-state index >= 15 is 0 Å². The maximum Gasteiger partial charge on any atom is 0.263 e. The highest BCUT2D eigenvalue weighted by Crippen LogP contribution is 2.20. The topological polar surface area (TPSA) is 50.7 Å². The molecule has 6 heteroatoms. The Balaban J connectivity index is 1.77. The number of anilines is 1. The molecule has 0 aliphatic rings. The number of nitrogens with zero attached hydrogens (tertiary/aromatic N) is 3. The molecule has 0 saturated heterocycles. The summed E-state index contributed by atoms with van der Waals surface area (Å²) < 4.78 is 25.2. The Morgan fingerprint density at radius 1 is 1.04 bits per heavy atom. The fourth-order valence-electron chi connectivity index (χ4n) is 2.35. The van der Waals surface area contributed by atoms with Gasteiger partial charge in [-0.05, 0) is 24.1 Å². The molecule has 4 nitrogen and oxygen atoms in total. The second kappa shape index (κ2) is 7.79. The minimum atomic E-state index is -2.45. The largest absolute Gasteiger partial charge is 0.366 e. The summed E-state index contributed by atoms with van der Waals surface area (Å²) in [4.78, 5) is 13.3. The molecule has 128 valence electrons. The predicted octanol–water partition coefficient (Wildman–Crippen LogP) is 4.65. The van der Waals surface area contributed by atoms with Gasteiger partial charge in [0.2, 0.25) is 0 Å². The molecule has 2 aromatic heterocycles. The van der Waals surface area contributed by atoms with Crippen molar-refractivity contribution in [1.82, 2.24) is 15.0 Å². The van der Waals surface area contributed by atoms with Crippen LogP contribution in [0.1, 0.15) is 30.2 Å². The zero-order valence-corrected chi connectivity index (χ0v) is 13.8. The number of hydrogen-bond acceptors (Lipinski definition) is 4. The van der Waals surface area contributed by atoms with E-state index in [1.807, 2.05) is 31.2 Å². The zero-order valence-electron chi connectivity index (χ0n) is 13.8. The van der Waals surface area contributed by atoms with Gasteiger partial charge in [-0.1, -0.05) is 37.3 Å². The Morgan fingerprint density at radius 3 is 2.48 bits per heavy atom. The van der Waals surface area contributed by atoms with Crippen molar-refractivity contribution in [3.63, 3.8) is 0 Å². The van der Waals surface area contributed by atoms with Gasteiger partial charge < -0.3 is 5.32 Å². The zero-order chi connectivity index (χ0) is 17.6. The number of benzene rings is 1. The smallest absolute Gasteiger partial charge is 0.263 e. The normalized spacial score (nSPS) is 10.9. The van der Waals surface area contributed by atoms with Gasteiger partial charge in [0, 0.05) is 30.1 Å². The summed E-state index contributed by atoms with van der Waals surface area (Å²) >= 11 is 0. The minimum Gasteiger partial charge on any atom is -0.366 e. The molecule has 0 unspecified atom stereocenters. The third-order valence-corrected chi connectivity index (χ3v) is 3.74. The number of alkyl halides is 2. The van der Waals surface area contributed by atoms with Crippen LogP contribution in [-0.4, -0.2) is 15.0 Å². The van der Waals surface area contributed by atoms with Crippen LogP contribution in [-0.2, 0) is 13.0 Å². The Kier molecular flexibility index (Phi) is 5.28.